The molecule has 1 aliphatic carbocycles. The number of phenols is 1. The van der Waals surface area contributed by atoms with Crippen LogP contribution in [-0.2, 0) is 11.3 Å². The second-order valence-electron chi connectivity index (χ2n) is 9.96. The summed E-state index contributed by atoms with van der Waals surface area (Å²) in [5.41, 5.74) is 4.58. The Morgan fingerprint density at radius 3 is 2.31 bits per heavy atom. The fraction of sp³-hybridized carbons (Fsp3) is 0.538. The summed E-state index contributed by atoms with van der Waals surface area (Å²) in [6, 6.07) is 10.5. The molecule has 1 amide bonds. The molecule has 2 aromatic rings. The molecule has 1 heterocycles. The Kier molecular flexibility index (Phi) is 7.44. The average molecular weight is 440 g/mol. The molecule has 6 heteroatoms. The third-order valence-electron chi connectivity index (χ3n) is 6.00. The Bertz CT molecular complexity index is 924. The number of nitrogens with one attached hydrogen (secondary N) is 1. The lowest BCUT2D eigenvalue weighted by atomic mass is 9.90. The molecule has 0 spiro atoms. The molecule has 3 rings (SSSR count). The highest BCUT2D eigenvalue weighted by molar-refractivity contribution is 5.68. The van der Waals surface area contributed by atoms with Crippen molar-refractivity contribution in [2.24, 2.45) is 0 Å². The van der Waals surface area contributed by atoms with Gasteiger partial charge in [-0.3, -0.25) is 4.98 Å². The minimum absolute atomic E-state index is 0.206. The Labute approximate surface area is 192 Å². The summed E-state index contributed by atoms with van der Waals surface area (Å²) in [4.78, 5) is 18.5. The molecule has 0 unspecified atom stereocenters. The van der Waals surface area contributed by atoms with Crippen molar-refractivity contribution in [1.82, 2.24) is 15.2 Å². The molecule has 1 fully saturated rings. The molecule has 1 aromatic heterocycles. The van der Waals surface area contributed by atoms with E-state index in [1.807, 2.05) is 47.7 Å². The van der Waals surface area contributed by atoms with Crippen molar-refractivity contribution in [2.45, 2.75) is 84.5 Å². The number of aryl methyl sites for hydroxylation is 2. The van der Waals surface area contributed by atoms with Gasteiger partial charge in [0.25, 0.3) is 0 Å². The van der Waals surface area contributed by atoms with Crippen molar-refractivity contribution in [1.29, 1.82) is 0 Å². The number of pyridine rings is 1. The number of ether oxygens (including phenoxy) is 1. The number of hydrogen-bond donors (Lipinski definition) is 2. The van der Waals surface area contributed by atoms with Gasteiger partial charge >= 0.3 is 6.09 Å². The zero-order valence-corrected chi connectivity index (χ0v) is 20.2. The zero-order valence-electron chi connectivity index (χ0n) is 20.2. The smallest absolute Gasteiger partial charge is 0.410 e. The van der Waals surface area contributed by atoms with Gasteiger partial charge in [0.1, 0.15) is 11.4 Å². The van der Waals surface area contributed by atoms with Crippen molar-refractivity contribution in [3.63, 3.8) is 0 Å². The predicted molar refractivity (Wildman–Crippen MR) is 128 cm³/mol. The van der Waals surface area contributed by atoms with Crippen LogP contribution in [0.2, 0.25) is 0 Å². The lowest BCUT2D eigenvalue weighted by Crippen LogP contribution is -2.44. The lowest BCUT2D eigenvalue weighted by Gasteiger charge is -2.35. The third kappa shape index (κ3) is 6.45. The minimum atomic E-state index is -0.478. The van der Waals surface area contributed by atoms with Gasteiger partial charge in [-0.15, -0.1) is 0 Å². The molecule has 2 N–H and O–H groups in total. The van der Waals surface area contributed by atoms with Crippen molar-refractivity contribution in [2.75, 3.05) is 7.05 Å². The van der Waals surface area contributed by atoms with Crippen LogP contribution in [0.3, 0.4) is 0 Å². The zero-order chi connectivity index (χ0) is 23.5. The van der Waals surface area contributed by atoms with E-state index in [0.29, 0.717) is 18.3 Å². The van der Waals surface area contributed by atoms with Crippen LogP contribution in [0, 0.1) is 13.8 Å². The Hall–Kier alpha value is -2.60. The summed E-state index contributed by atoms with van der Waals surface area (Å²) in [6.07, 6.45) is 3.60. The number of amides is 1. The van der Waals surface area contributed by atoms with Gasteiger partial charge in [-0.1, -0.05) is 6.07 Å². The van der Waals surface area contributed by atoms with Gasteiger partial charge in [-0.2, -0.15) is 0 Å². The topological polar surface area (TPSA) is 74.7 Å². The van der Waals surface area contributed by atoms with Crippen LogP contribution in [-0.4, -0.2) is 45.8 Å². The van der Waals surface area contributed by atoms with Crippen LogP contribution in [0.15, 0.2) is 30.3 Å². The number of hydrogen-bond acceptors (Lipinski definition) is 5. The SMILES string of the molecule is Cc1cc(-c2ccc(O)c(CN[C@H]3CC[C@H](N(C)C(=O)OC(C)(C)C)CC3)c2)cc(C)n1. The molecule has 0 radical (unpaired) electrons. The second-order valence-corrected chi connectivity index (χ2v) is 9.96. The van der Waals surface area contributed by atoms with Gasteiger partial charge in [0.2, 0.25) is 0 Å². The monoisotopic (exact) mass is 439 g/mol. The van der Waals surface area contributed by atoms with E-state index in [1.165, 1.54) is 0 Å². The van der Waals surface area contributed by atoms with Crippen molar-refractivity contribution in [3.05, 3.63) is 47.3 Å². The summed E-state index contributed by atoms with van der Waals surface area (Å²) in [7, 11) is 1.83. The second kappa shape index (κ2) is 9.90. The summed E-state index contributed by atoms with van der Waals surface area (Å²) in [5, 5.41) is 14.0. The van der Waals surface area contributed by atoms with E-state index in [4.69, 9.17) is 4.74 Å². The van der Waals surface area contributed by atoms with Crippen LogP contribution in [0.4, 0.5) is 4.79 Å². The van der Waals surface area contributed by atoms with Gasteiger partial charge in [-0.25, -0.2) is 4.79 Å². The third-order valence-corrected chi connectivity index (χ3v) is 6.00. The molecule has 0 saturated heterocycles. The van der Waals surface area contributed by atoms with E-state index in [9.17, 15) is 9.90 Å². The van der Waals surface area contributed by atoms with E-state index in [-0.39, 0.29) is 12.1 Å². The number of carbonyl (C=O) groups is 1. The quantitative estimate of drug-likeness (QED) is 0.658. The number of phenolic OH excluding ortho intramolecular Hbond substituents is 1. The molecule has 1 aliphatic rings. The first kappa shape index (κ1) is 24.1. The molecule has 174 valence electrons. The number of nitrogens with zero attached hydrogens (tertiary/aromatic N) is 2. The highest BCUT2D eigenvalue weighted by Gasteiger charge is 2.29. The number of rotatable bonds is 5. The highest BCUT2D eigenvalue weighted by Crippen LogP contribution is 2.28. The number of aromatic hydroxyl groups is 1. The largest absolute Gasteiger partial charge is 0.508 e. The van der Waals surface area contributed by atoms with Crippen LogP contribution < -0.4 is 5.32 Å². The molecule has 32 heavy (non-hydrogen) atoms. The van der Waals surface area contributed by atoms with Crippen LogP contribution in [0.1, 0.15) is 63.4 Å². The van der Waals surface area contributed by atoms with E-state index >= 15 is 0 Å². The first-order valence-corrected chi connectivity index (χ1v) is 11.5. The van der Waals surface area contributed by atoms with Gasteiger partial charge in [0, 0.05) is 42.6 Å². The van der Waals surface area contributed by atoms with E-state index in [0.717, 1.165) is 53.8 Å². The maximum Gasteiger partial charge on any atom is 0.410 e. The number of benzene rings is 1. The van der Waals surface area contributed by atoms with Crippen LogP contribution >= 0.6 is 0 Å². The van der Waals surface area contributed by atoms with Crippen LogP contribution in [0.25, 0.3) is 11.1 Å². The van der Waals surface area contributed by atoms with E-state index in [1.54, 1.807) is 11.0 Å². The molecule has 0 atom stereocenters. The highest BCUT2D eigenvalue weighted by atomic mass is 16.6. The number of carbonyl (C=O) groups excluding carboxylic acids is 1. The van der Waals surface area contributed by atoms with E-state index < -0.39 is 5.60 Å². The minimum Gasteiger partial charge on any atom is -0.508 e. The van der Waals surface area contributed by atoms with Gasteiger partial charge in [0.05, 0.1) is 0 Å². The Balaban J connectivity index is 1.56. The maximum absolute atomic E-state index is 12.3. The number of aromatic nitrogens is 1. The van der Waals surface area contributed by atoms with Crippen molar-refractivity contribution < 1.29 is 14.6 Å². The fourth-order valence-electron chi connectivity index (χ4n) is 4.31. The van der Waals surface area contributed by atoms with Crippen LogP contribution in [0.5, 0.6) is 5.75 Å². The standard InChI is InChI=1S/C26H37N3O3/c1-17-13-20(14-18(2)28-17)19-7-12-24(30)21(15-19)16-27-22-8-10-23(11-9-22)29(6)25(31)32-26(3,4)5/h7,12-15,22-23,27,30H,8-11,16H2,1-6H3/t22-,23-. The molecule has 1 aromatic carbocycles. The Morgan fingerprint density at radius 1 is 1.09 bits per heavy atom. The molecule has 6 nitrogen and oxygen atoms in total. The van der Waals surface area contributed by atoms with Gasteiger partial charge in [-0.05, 0) is 95.7 Å². The molecule has 1 saturated carbocycles. The van der Waals surface area contributed by atoms with Gasteiger partial charge < -0.3 is 20.1 Å². The Morgan fingerprint density at radius 2 is 1.72 bits per heavy atom. The van der Waals surface area contributed by atoms with Gasteiger partial charge in [0.15, 0.2) is 0 Å². The summed E-state index contributed by atoms with van der Waals surface area (Å²) < 4.78 is 5.50. The fourth-order valence-corrected chi connectivity index (χ4v) is 4.31. The average Bonchev–Trinajstić information content (AvgIpc) is 2.71. The first-order chi connectivity index (χ1) is 15.0. The summed E-state index contributed by atoms with van der Waals surface area (Å²) in [5.74, 6) is 0.307. The van der Waals surface area contributed by atoms with Crippen molar-refractivity contribution >= 4 is 6.09 Å². The summed E-state index contributed by atoms with van der Waals surface area (Å²) in [6.45, 7) is 10.3. The molecule has 0 bridgehead atoms. The maximum atomic E-state index is 12.3. The molecular formula is C26H37N3O3. The lowest BCUT2D eigenvalue weighted by molar-refractivity contribution is 0.0179. The van der Waals surface area contributed by atoms with E-state index in [2.05, 4.69) is 28.5 Å². The van der Waals surface area contributed by atoms with Crippen molar-refractivity contribution in [3.8, 4) is 16.9 Å². The summed E-state index contributed by atoms with van der Waals surface area (Å²) >= 11 is 0. The normalized spacial score (nSPS) is 18.9. The first-order valence-electron chi connectivity index (χ1n) is 11.5. The molecule has 0 aliphatic heterocycles. The molecular weight excluding hydrogens is 402 g/mol. The predicted octanol–water partition coefficient (Wildman–Crippen LogP) is 5.34.